The molecule has 0 bridgehead atoms. The first-order chi connectivity index (χ1) is 19.2. The average molecular weight is 564 g/mol. The Labute approximate surface area is 242 Å². The molecule has 9 nitrogen and oxygen atoms in total. The molecule has 2 N–H and O–H groups in total. The maximum Gasteiger partial charge on any atom is 0.410 e. The standard InChI is InChI=1S/C32H45N5O4/c1-22(31(2,3)4)36(29(38)40-21-23-12-9-8-10-13-23)19-24-15-16-27-26(18-24)34-28(33)37(27)20-25-14-11-17-35(25)30(39)41-32(5,6)7/h8-10,12-13,15-16,18,22,25H,11,14,17,19-21H2,1-7H3,(H2,33,34)/t22-,25-/m0/s1. The number of benzene rings is 2. The Morgan fingerprint density at radius 2 is 1.78 bits per heavy atom. The van der Waals surface area contributed by atoms with Crippen LogP contribution in [0, 0.1) is 10.8 Å². The monoisotopic (exact) mass is 563 g/mol. The number of carbonyl (C=O) groups excluding carboxylic acids is 2. The van der Waals surface area contributed by atoms with Crippen molar-refractivity contribution in [3.63, 3.8) is 0 Å². The van der Waals surface area contributed by atoms with Gasteiger partial charge in [-0.3, -0.25) is 5.41 Å². The van der Waals surface area contributed by atoms with E-state index < -0.39 is 5.60 Å². The largest absolute Gasteiger partial charge is 0.445 e. The molecule has 0 aliphatic carbocycles. The summed E-state index contributed by atoms with van der Waals surface area (Å²) in [5.74, 6) is 0. The molecule has 2 atom stereocenters. The Bertz CT molecular complexity index is 1410. The first kappa shape index (κ1) is 30.2. The first-order valence-corrected chi connectivity index (χ1v) is 14.5. The number of nitrogens with one attached hydrogen (secondary N) is 2. The van der Waals surface area contributed by atoms with Crippen LogP contribution < -0.4 is 5.62 Å². The van der Waals surface area contributed by atoms with Gasteiger partial charge in [0.1, 0.15) is 12.2 Å². The molecule has 1 aromatic heterocycles. The Balaban J connectivity index is 1.53. The molecule has 222 valence electrons. The number of aromatic nitrogens is 2. The van der Waals surface area contributed by atoms with E-state index in [2.05, 4.69) is 25.8 Å². The predicted octanol–water partition coefficient (Wildman–Crippen LogP) is 6.42. The number of ether oxygens (including phenoxy) is 2. The van der Waals surface area contributed by atoms with Gasteiger partial charge in [0, 0.05) is 25.7 Å². The van der Waals surface area contributed by atoms with Crippen LogP contribution in [0.4, 0.5) is 9.59 Å². The number of imidazole rings is 1. The average Bonchev–Trinajstić information content (AvgIpc) is 3.48. The number of H-pyrrole nitrogens is 1. The highest BCUT2D eigenvalue weighted by molar-refractivity contribution is 5.76. The fourth-order valence-corrected chi connectivity index (χ4v) is 5.15. The van der Waals surface area contributed by atoms with Crippen molar-refractivity contribution in [3.05, 3.63) is 65.3 Å². The van der Waals surface area contributed by atoms with Gasteiger partial charge >= 0.3 is 12.2 Å². The van der Waals surface area contributed by atoms with Crippen LogP contribution in [0.3, 0.4) is 0 Å². The van der Waals surface area contributed by atoms with E-state index in [1.54, 1.807) is 9.80 Å². The summed E-state index contributed by atoms with van der Waals surface area (Å²) in [6.45, 7) is 15.8. The molecule has 2 aromatic carbocycles. The van der Waals surface area contributed by atoms with Crippen LogP contribution >= 0.6 is 0 Å². The van der Waals surface area contributed by atoms with Crippen molar-refractivity contribution >= 4 is 23.2 Å². The third-order valence-corrected chi connectivity index (χ3v) is 7.79. The highest BCUT2D eigenvalue weighted by atomic mass is 16.6. The van der Waals surface area contributed by atoms with Crippen LogP contribution in [-0.2, 0) is 29.2 Å². The van der Waals surface area contributed by atoms with E-state index in [1.165, 1.54) is 0 Å². The zero-order chi connectivity index (χ0) is 29.9. The third-order valence-electron chi connectivity index (χ3n) is 7.79. The first-order valence-electron chi connectivity index (χ1n) is 14.5. The van der Waals surface area contributed by atoms with Crippen molar-refractivity contribution in [3.8, 4) is 0 Å². The van der Waals surface area contributed by atoms with E-state index in [0.29, 0.717) is 19.6 Å². The number of hydrogen-bond donors (Lipinski definition) is 2. The minimum atomic E-state index is -0.554. The van der Waals surface area contributed by atoms with E-state index in [9.17, 15) is 9.59 Å². The highest BCUT2D eigenvalue weighted by Crippen LogP contribution is 2.28. The summed E-state index contributed by atoms with van der Waals surface area (Å²) in [5.41, 5.74) is 3.15. The van der Waals surface area contributed by atoms with Gasteiger partial charge in [0.2, 0.25) is 0 Å². The Morgan fingerprint density at radius 1 is 1.07 bits per heavy atom. The Hall–Kier alpha value is -3.75. The molecule has 0 unspecified atom stereocenters. The summed E-state index contributed by atoms with van der Waals surface area (Å²) in [6.07, 6.45) is 1.11. The summed E-state index contributed by atoms with van der Waals surface area (Å²) < 4.78 is 13.3. The van der Waals surface area contributed by atoms with Gasteiger partial charge in [-0.2, -0.15) is 0 Å². The number of hydrogen-bond acceptors (Lipinski definition) is 5. The fourth-order valence-electron chi connectivity index (χ4n) is 5.15. The second-order valence-electron chi connectivity index (χ2n) is 13.1. The molecular formula is C32H45N5O4. The molecule has 9 heteroatoms. The Morgan fingerprint density at radius 3 is 2.44 bits per heavy atom. The van der Waals surface area contributed by atoms with Gasteiger partial charge in [-0.1, -0.05) is 57.2 Å². The van der Waals surface area contributed by atoms with Gasteiger partial charge in [0.05, 0.1) is 17.1 Å². The van der Waals surface area contributed by atoms with Crippen molar-refractivity contribution < 1.29 is 19.1 Å². The lowest BCUT2D eigenvalue weighted by Crippen LogP contribution is -2.45. The van der Waals surface area contributed by atoms with Gasteiger partial charge in [-0.15, -0.1) is 0 Å². The summed E-state index contributed by atoms with van der Waals surface area (Å²) >= 11 is 0. The van der Waals surface area contributed by atoms with E-state index in [-0.39, 0.29) is 41.9 Å². The zero-order valence-corrected chi connectivity index (χ0v) is 25.5. The predicted molar refractivity (Wildman–Crippen MR) is 159 cm³/mol. The molecule has 41 heavy (non-hydrogen) atoms. The molecule has 4 rings (SSSR count). The van der Waals surface area contributed by atoms with Gasteiger partial charge in [-0.05, 0) is 69.2 Å². The van der Waals surface area contributed by atoms with Crippen LogP contribution in [0.5, 0.6) is 0 Å². The molecule has 2 heterocycles. The quantitative estimate of drug-likeness (QED) is 0.346. The molecule has 1 aliphatic heterocycles. The summed E-state index contributed by atoms with van der Waals surface area (Å²) in [5, 5.41) is 8.64. The fraction of sp³-hybridized carbons (Fsp3) is 0.531. The maximum atomic E-state index is 13.3. The number of fused-ring (bicyclic) bond motifs is 1. The molecule has 1 fully saturated rings. The van der Waals surface area contributed by atoms with Crippen molar-refractivity contribution in [1.82, 2.24) is 19.4 Å². The SMILES string of the molecule is C[C@H](N(Cc1ccc2c(c1)[nH]c(=N)n2C[C@@H]1CCCN1C(=O)OC(C)(C)C)C(=O)OCc1ccccc1)C(C)(C)C. The second kappa shape index (κ2) is 12.0. The molecular weight excluding hydrogens is 518 g/mol. The van der Waals surface area contributed by atoms with Crippen molar-refractivity contribution in [2.45, 2.75) is 98.7 Å². The van der Waals surface area contributed by atoms with Crippen LogP contribution in [0.15, 0.2) is 48.5 Å². The van der Waals surface area contributed by atoms with E-state index in [1.807, 2.05) is 80.8 Å². The lowest BCUT2D eigenvalue weighted by molar-refractivity contribution is 0.0213. The zero-order valence-electron chi connectivity index (χ0n) is 25.5. The van der Waals surface area contributed by atoms with Crippen LogP contribution in [0.1, 0.15) is 72.4 Å². The van der Waals surface area contributed by atoms with Crippen LogP contribution in [0.25, 0.3) is 11.0 Å². The van der Waals surface area contributed by atoms with Crippen molar-refractivity contribution in [2.75, 3.05) is 6.54 Å². The smallest absolute Gasteiger partial charge is 0.410 e. The minimum absolute atomic E-state index is 0.0415. The minimum Gasteiger partial charge on any atom is -0.445 e. The number of nitrogens with zero attached hydrogens (tertiary/aromatic N) is 3. The van der Waals surface area contributed by atoms with E-state index in [0.717, 1.165) is 35.0 Å². The number of carbonyl (C=O) groups is 2. The third kappa shape index (κ3) is 7.51. The molecule has 1 aliphatic rings. The number of rotatable bonds is 7. The second-order valence-corrected chi connectivity index (χ2v) is 13.1. The summed E-state index contributed by atoms with van der Waals surface area (Å²) in [6, 6.07) is 15.5. The van der Waals surface area contributed by atoms with Gasteiger partial charge in [-0.25, -0.2) is 9.59 Å². The van der Waals surface area contributed by atoms with Gasteiger partial charge in [0.25, 0.3) is 0 Å². The molecule has 0 spiro atoms. The maximum absolute atomic E-state index is 13.3. The van der Waals surface area contributed by atoms with Gasteiger partial charge < -0.3 is 28.8 Å². The normalized spacial score (nSPS) is 16.6. The molecule has 2 amide bonds. The van der Waals surface area contributed by atoms with Crippen LogP contribution in [-0.4, -0.2) is 55.8 Å². The number of aromatic amines is 1. The number of likely N-dealkylation sites (tertiary alicyclic amines) is 1. The molecule has 0 saturated carbocycles. The van der Waals surface area contributed by atoms with Crippen molar-refractivity contribution in [1.29, 1.82) is 5.41 Å². The number of amides is 2. The summed E-state index contributed by atoms with van der Waals surface area (Å²) in [7, 11) is 0. The van der Waals surface area contributed by atoms with E-state index in [4.69, 9.17) is 14.9 Å². The van der Waals surface area contributed by atoms with Crippen molar-refractivity contribution in [2.24, 2.45) is 5.41 Å². The molecule has 0 radical (unpaired) electrons. The highest BCUT2D eigenvalue weighted by Gasteiger charge is 2.33. The molecule has 1 saturated heterocycles. The lowest BCUT2D eigenvalue weighted by atomic mass is 9.87. The Kier molecular flexibility index (Phi) is 8.85. The molecule has 3 aromatic rings. The topological polar surface area (TPSA) is 104 Å². The summed E-state index contributed by atoms with van der Waals surface area (Å²) in [4.78, 5) is 32.9. The van der Waals surface area contributed by atoms with Crippen LogP contribution in [0.2, 0.25) is 0 Å². The van der Waals surface area contributed by atoms with E-state index >= 15 is 0 Å². The van der Waals surface area contributed by atoms with Gasteiger partial charge in [0.15, 0.2) is 5.62 Å². The lowest BCUT2D eigenvalue weighted by Gasteiger charge is -2.37.